The van der Waals surface area contributed by atoms with Gasteiger partial charge < -0.3 is 15.2 Å². The molecule has 2 rings (SSSR count). The number of hydrogen-bond acceptors (Lipinski definition) is 3. The Morgan fingerprint density at radius 3 is 2.77 bits per heavy atom. The molecule has 0 radical (unpaired) electrons. The summed E-state index contributed by atoms with van der Waals surface area (Å²) in [6.45, 7) is 2.45. The fraction of sp³-hybridized carbons (Fsp3) is 1.00. The van der Waals surface area contributed by atoms with Gasteiger partial charge in [0.2, 0.25) is 0 Å². The smallest absolute Gasteiger partial charge is 0.0930 e. The van der Waals surface area contributed by atoms with E-state index in [9.17, 15) is 0 Å². The summed E-state index contributed by atoms with van der Waals surface area (Å²) in [6, 6.07) is 0.320. The van der Waals surface area contributed by atoms with Crippen LogP contribution in [0.2, 0.25) is 0 Å². The molecule has 0 aromatic carbocycles. The van der Waals surface area contributed by atoms with Gasteiger partial charge in [-0.15, -0.1) is 12.4 Å². The van der Waals surface area contributed by atoms with Crippen molar-refractivity contribution in [2.24, 2.45) is 5.73 Å². The Labute approximate surface area is 85.4 Å². The second kappa shape index (κ2) is 4.60. The quantitative estimate of drug-likeness (QED) is 0.647. The van der Waals surface area contributed by atoms with E-state index < -0.39 is 0 Å². The van der Waals surface area contributed by atoms with Crippen LogP contribution in [0.1, 0.15) is 25.7 Å². The minimum Gasteiger partial charge on any atom is -0.378 e. The fourth-order valence-electron chi connectivity index (χ4n) is 2.17. The Bertz CT molecular complexity index is 154. The van der Waals surface area contributed by atoms with Crippen molar-refractivity contribution in [2.45, 2.75) is 37.3 Å². The highest BCUT2D eigenvalue weighted by Gasteiger charge is 2.38. The molecule has 2 saturated heterocycles. The molecule has 0 bridgehead atoms. The van der Waals surface area contributed by atoms with Gasteiger partial charge in [-0.1, -0.05) is 0 Å². The summed E-state index contributed by atoms with van der Waals surface area (Å²) in [4.78, 5) is 0. The third-order valence-electron chi connectivity index (χ3n) is 2.82. The molecule has 4 heteroatoms. The largest absolute Gasteiger partial charge is 0.378 e. The number of nitrogens with two attached hydrogens (primary N) is 1. The number of ether oxygens (including phenoxy) is 2. The number of hydrogen-bond donors (Lipinski definition) is 1. The van der Waals surface area contributed by atoms with Crippen molar-refractivity contribution in [1.29, 1.82) is 0 Å². The average molecular weight is 208 g/mol. The standard InChI is InChI=1S/C9H17NO2.ClH/c10-8-2-5-12-9(6-8)3-1-4-11-7-9;/h8H,1-7,10H2;1H. The van der Waals surface area contributed by atoms with Crippen LogP contribution in [0.15, 0.2) is 0 Å². The molecule has 2 N–H and O–H groups in total. The molecule has 2 unspecified atom stereocenters. The van der Waals surface area contributed by atoms with Gasteiger partial charge in [-0.05, 0) is 25.7 Å². The van der Waals surface area contributed by atoms with Gasteiger partial charge in [0.05, 0.1) is 12.2 Å². The topological polar surface area (TPSA) is 44.5 Å². The van der Waals surface area contributed by atoms with E-state index in [2.05, 4.69) is 0 Å². The third-order valence-corrected chi connectivity index (χ3v) is 2.82. The molecule has 3 nitrogen and oxygen atoms in total. The van der Waals surface area contributed by atoms with Crippen LogP contribution in [0.3, 0.4) is 0 Å². The summed E-state index contributed by atoms with van der Waals surface area (Å²) < 4.78 is 11.2. The van der Waals surface area contributed by atoms with Gasteiger partial charge in [-0.3, -0.25) is 0 Å². The lowest BCUT2D eigenvalue weighted by Gasteiger charge is -2.42. The zero-order valence-corrected chi connectivity index (χ0v) is 8.65. The second-order valence-electron chi connectivity index (χ2n) is 3.94. The highest BCUT2D eigenvalue weighted by atomic mass is 35.5. The van der Waals surface area contributed by atoms with E-state index in [1.807, 2.05) is 0 Å². The molecule has 0 aromatic heterocycles. The Morgan fingerprint density at radius 1 is 1.31 bits per heavy atom. The van der Waals surface area contributed by atoms with Crippen LogP contribution >= 0.6 is 12.4 Å². The fourth-order valence-corrected chi connectivity index (χ4v) is 2.17. The second-order valence-corrected chi connectivity index (χ2v) is 3.94. The molecule has 2 aliphatic heterocycles. The molecule has 0 aromatic rings. The molecule has 0 saturated carbocycles. The highest BCUT2D eigenvalue weighted by molar-refractivity contribution is 5.85. The summed E-state index contributed by atoms with van der Waals surface area (Å²) in [5.41, 5.74) is 5.89. The van der Waals surface area contributed by atoms with E-state index in [0.29, 0.717) is 6.04 Å². The van der Waals surface area contributed by atoms with Gasteiger partial charge in [0.1, 0.15) is 0 Å². The van der Waals surface area contributed by atoms with Crippen LogP contribution in [-0.2, 0) is 9.47 Å². The first-order valence-corrected chi connectivity index (χ1v) is 4.78. The van der Waals surface area contributed by atoms with Crippen molar-refractivity contribution in [3.05, 3.63) is 0 Å². The van der Waals surface area contributed by atoms with E-state index >= 15 is 0 Å². The van der Waals surface area contributed by atoms with Gasteiger partial charge >= 0.3 is 0 Å². The summed E-state index contributed by atoms with van der Waals surface area (Å²) in [5.74, 6) is 0. The minimum absolute atomic E-state index is 0. The normalized spacial score (nSPS) is 39.9. The van der Waals surface area contributed by atoms with Crippen molar-refractivity contribution in [2.75, 3.05) is 19.8 Å². The maximum absolute atomic E-state index is 5.90. The molecule has 1 spiro atoms. The van der Waals surface area contributed by atoms with Crippen molar-refractivity contribution in [3.8, 4) is 0 Å². The first kappa shape index (κ1) is 11.2. The minimum atomic E-state index is -0.0179. The first-order valence-electron chi connectivity index (χ1n) is 4.78. The van der Waals surface area contributed by atoms with Crippen LogP contribution in [0.25, 0.3) is 0 Å². The van der Waals surface area contributed by atoms with E-state index in [-0.39, 0.29) is 18.0 Å². The predicted octanol–water partition coefficient (Wildman–Crippen LogP) is 1.10. The predicted molar refractivity (Wildman–Crippen MR) is 53.2 cm³/mol. The molecule has 0 amide bonds. The summed E-state index contributed by atoms with van der Waals surface area (Å²) in [7, 11) is 0. The average Bonchev–Trinajstić information content (AvgIpc) is 2.05. The van der Waals surface area contributed by atoms with Crippen LogP contribution in [0, 0.1) is 0 Å². The maximum Gasteiger partial charge on any atom is 0.0930 e. The molecule has 0 aliphatic carbocycles. The molecular formula is C9H18ClNO2. The van der Waals surface area contributed by atoms with E-state index in [1.165, 1.54) is 0 Å². The van der Waals surface area contributed by atoms with Gasteiger partial charge in [-0.2, -0.15) is 0 Å². The molecule has 2 aliphatic rings. The molecular weight excluding hydrogens is 190 g/mol. The Balaban J connectivity index is 0.000000845. The van der Waals surface area contributed by atoms with Gasteiger partial charge in [-0.25, -0.2) is 0 Å². The monoisotopic (exact) mass is 207 g/mol. The maximum atomic E-state index is 5.90. The van der Waals surface area contributed by atoms with E-state index in [1.54, 1.807) is 0 Å². The molecule has 2 fully saturated rings. The van der Waals surface area contributed by atoms with Crippen molar-refractivity contribution >= 4 is 12.4 Å². The zero-order chi connectivity index (χ0) is 8.44. The summed E-state index contributed by atoms with van der Waals surface area (Å²) >= 11 is 0. The van der Waals surface area contributed by atoms with E-state index in [0.717, 1.165) is 45.5 Å². The van der Waals surface area contributed by atoms with E-state index in [4.69, 9.17) is 15.2 Å². The molecule has 13 heavy (non-hydrogen) atoms. The Hall–Kier alpha value is 0.170. The first-order chi connectivity index (χ1) is 5.81. The number of halogens is 1. The summed E-state index contributed by atoms with van der Waals surface area (Å²) in [6.07, 6.45) is 4.22. The summed E-state index contributed by atoms with van der Waals surface area (Å²) in [5, 5.41) is 0. The van der Waals surface area contributed by atoms with Crippen LogP contribution < -0.4 is 5.73 Å². The van der Waals surface area contributed by atoms with Gasteiger partial charge in [0, 0.05) is 19.3 Å². The lowest BCUT2D eigenvalue weighted by Crippen LogP contribution is -2.50. The molecule has 78 valence electrons. The lowest BCUT2D eigenvalue weighted by molar-refractivity contribution is -0.153. The van der Waals surface area contributed by atoms with Crippen molar-refractivity contribution < 1.29 is 9.47 Å². The Kier molecular flexibility index (Phi) is 3.98. The van der Waals surface area contributed by atoms with Crippen LogP contribution in [0.5, 0.6) is 0 Å². The van der Waals surface area contributed by atoms with Crippen molar-refractivity contribution in [1.82, 2.24) is 0 Å². The molecule has 2 heterocycles. The SMILES string of the molecule is Cl.NC1CCOC2(CCCOC2)C1. The number of rotatable bonds is 0. The Morgan fingerprint density at radius 2 is 2.15 bits per heavy atom. The lowest BCUT2D eigenvalue weighted by atomic mass is 9.86. The van der Waals surface area contributed by atoms with Gasteiger partial charge in [0.15, 0.2) is 0 Å². The zero-order valence-electron chi connectivity index (χ0n) is 7.83. The van der Waals surface area contributed by atoms with Gasteiger partial charge in [0.25, 0.3) is 0 Å². The van der Waals surface area contributed by atoms with Crippen LogP contribution in [0.4, 0.5) is 0 Å². The molecule has 2 atom stereocenters. The van der Waals surface area contributed by atoms with Crippen molar-refractivity contribution in [3.63, 3.8) is 0 Å². The third kappa shape index (κ3) is 2.56. The van der Waals surface area contributed by atoms with Crippen LogP contribution in [-0.4, -0.2) is 31.5 Å². The highest BCUT2D eigenvalue weighted by Crippen LogP contribution is 2.31.